The highest BCUT2D eigenvalue weighted by atomic mass is 16.5. The second-order valence-electron chi connectivity index (χ2n) is 3.88. The number of hydrogen-bond donors (Lipinski definition) is 1. The second kappa shape index (κ2) is 4.40. The summed E-state index contributed by atoms with van der Waals surface area (Å²) in [6.45, 7) is 3.98. The topological polar surface area (TPSA) is 77.8 Å². The van der Waals surface area contributed by atoms with Crippen LogP contribution in [0.2, 0.25) is 0 Å². The lowest BCUT2D eigenvalue weighted by Gasteiger charge is -2.04. The summed E-state index contributed by atoms with van der Waals surface area (Å²) in [5.74, 6) is 1.28. The van der Waals surface area contributed by atoms with Crippen LogP contribution in [0.3, 0.4) is 0 Å². The van der Waals surface area contributed by atoms with E-state index in [0.29, 0.717) is 11.7 Å². The van der Waals surface area contributed by atoms with Crippen molar-refractivity contribution in [3.63, 3.8) is 0 Å². The number of rotatable bonds is 3. The molecule has 0 aliphatic heterocycles. The Labute approximate surface area is 93.7 Å². The van der Waals surface area contributed by atoms with Crippen molar-refractivity contribution in [2.24, 2.45) is 5.73 Å². The lowest BCUT2D eigenvalue weighted by atomic mass is 10.2. The van der Waals surface area contributed by atoms with Crippen molar-refractivity contribution < 1.29 is 4.52 Å². The van der Waals surface area contributed by atoms with Crippen LogP contribution in [-0.4, -0.2) is 15.1 Å². The summed E-state index contributed by atoms with van der Waals surface area (Å²) in [4.78, 5) is 8.41. The van der Waals surface area contributed by atoms with Gasteiger partial charge in [-0.05, 0) is 12.1 Å². The molecule has 0 saturated heterocycles. The first-order valence-electron chi connectivity index (χ1n) is 5.18. The van der Waals surface area contributed by atoms with Crippen LogP contribution in [0.4, 0.5) is 0 Å². The van der Waals surface area contributed by atoms with E-state index in [1.807, 2.05) is 32.0 Å². The first-order chi connectivity index (χ1) is 7.68. The fraction of sp³-hybridized carbons (Fsp3) is 0.364. The minimum atomic E-state index is -0.433. The molecule has 0 aliphatic carbocycles. The molecule has 0 bridgehead atoms. The van der Waals surface area contributed by atoms with Gasteiger partial charge in [0.25, 0.3) is 0 Å². The van der Waals surface area contributed by atoms with Crippen molar-refractivity contribution in [1.29, 1.82) is 0 Å². The molecule has 16 heavy (non-hydrogen) atoms. The van der Waals surface area contributed by atoms with Gasteiger partial charge in [-0.3, -0.25) is 4.98 Å². The van der Waals surface area contributed by atoms with Gasteiger partial charge in [0.15, 0.2) is 5.82 Å². The van der Waals surface area contributed by atoms with E-state index in [4.69, 9.17) is 10.3 Å². The fourth-order valence-electron chi connectivity index (χ4n) is 1.30. The predicted octanol–water partition coefficient (Wildman–Crippen LogP) is 1.64. The van der Waals surface area contributed by atoms with Crippen LogP contribution in [-0.2, 0) is 0 Å². The van der Waals surface area contributed by atoms with Crippen molar-refractivity contribution in [2.75, 3.05) is 0 Å². The third-order valence-electron chi connectivity index (χ3n) is 2.24. The van der Waals surface area contributed by atoms with Crippen molar-refractivity contribution in [3.8, 4) is 0 Å². The first kappa shape index (κ1) is 10.8. The Morgan fingerprint density at radius 1 is 1.31 bits per heavy atom. The quantitative estimate of drug-likeness (QED) is 0.847. The van der Waals surface area contributed by atoms with E-state index >= 15 is 0 Å². The van der Waals surface area contributed by atoms with Gasteiger partial charge in [-0.25, -0.2) is 0 Å². The van der Waals surface area contributed by atoms with Gasteiger partial charge in [-0.15, -0.1) is 0 Å². The third-order valence-corrected chi connectivity index (χ3v) is 2.24. The fourth-order valence-corrected chi connectivity index (χ4v) is 1.30. The average Bonchev–Trinajstić information content (AvgIpc) is 2.78. The van der Waals surface area contributed by atoms with Crippen LogP contribution in [0.15, 0.2) is 28.9 Å². The monoisotopic (exact) mass is 218 g/mol. The number of pyridine rings is 1. The highest BCUT2D eigenvalue weighted by molar-refractivity contribution is 5.15. The summed E-state index contributed by atoms with van der Waals surface area (Å²) in [5.41, 5.74) is 6.72. The average molecular weight is 218 g/mol. The van der Waals surface area contributed by atoms with Gasteiger partial charge in [0.05, 0.1) is 5.69 Å². The smallest absolute Gasteiger partial charge is 0.229 e. The Balaban J connectivity index is 2.24. The van der Waals surface area contributed by atoms with Crippen LogP contribution >= 0.6 is 0 Å². The van der Waals surface area contributed by atoms with E-state index in [2.05, 4.69) is 15.1 Å². The zero-order valence-corrected chi connectivity index (χ0v) is 9.29. The highest BCUT2D eigenvalue weighted by Gasteiger charge is 2.18. The molecule has 0 amide bonds. The molecule has 0 aromatic carbocycles. The molecular weight excluding hydrogens is 204 g/mol. The van der Waals surface area contributed by atoms with Crippen molar-refractivity contribution in [1.82, 2.24) is 15.1 Å². The van der Waals surface area contributed by atoms with Gasteiger partial charge in [-0.1, -0.05) is 25.1 Å². The van der Waals surface area contributed by atoms with E-state index in [9.17, 15) is 0 Å². The molecule has 1 atom stereocenters. The van der Waals surface area contributed by atoms with Crippen LogP contribution in [0.25, 0.3) is 0 Å². The number of aromatic nitrogens is 3. The summed E-state index contributed by atoms with van der Waals surface area (Å²) in [5, 5.41) is 3.86. The van der Waals surface area contributed by atoms with Gasteiger partial charge in [0.2, 0.25) is 5.89 Å². The summed E-state index contributed by atoms with van der Waals surface area (Å²) in [6, 6.07) is 5.13. The summed E-state index contributed by atoms with van der Waals surface area (Å²) >= 11 is 0. The van der Waals surface area contributed by atoms with Crippen molar-refractivity contribution in [3.05, 3.63) is 41.8 Å². The number of nitrogens with two attached hydrogens (primary N) is 1. The minimum absolute atomic E-state index is 0.206. The molecule has 84 valence electrons. The van der Waals surface area contributed by atoms with Crippen LogP contribution in [0, 0.1) is 0 Å². The minimum Gasteiger partial charge on any atom is -0.339 e. The molecule has 0 unspecified atom stereocenters. The van der Waals surface area contributed by atoms with Gasteiger partial charge >= 0.3 is 0 Å². The molecule has 5 nitrogen and oxygen atoms in total. The third kappa shape index (κ3) is 2.09. The lowest BCUT2D eigenvalue weighted by molar-refractivity contribution is 0.359. The van der Waals surface area contributed by atoms with E-state index in [1.54, 1.807) is 6.20 Å². The maximum atomic E-state index is 5.98. The Morgan fingerprint density at radius 3 is 2.69 bits per heavy atom. The molecule has 5 heteroatoms. The molecule has 0 saturated carbocycles. The molecule has 0 spiro atoms. The first-order valence-corrected chi connectivity index (χ1v) is 5.18. The van der Waals surface area contributed by atoms with Gasteiger partial charge < -0.3 is 10.3 Å². The summed E-state index contributed by atoms with van der Waals surface area (Å²) < 4.78 is 5.10. The molecule has 2 aromatic rings. The highest BCUT2D eigenvalue weighted by Crippen LogP contribution is 2.17. The van der Waals surface area contributed by atoms with Crippen LogP contribution < -0.4 is 5.73 Å². The van der Waals surface area contributed by atoms with E-state index < -0.39 is 6.04 Å². The molecule has 0 fully saturated rings. The van der Waals surface area contributed by atoms with E-state index in [1.165, 1.54) is 0 Å². The van der Waals surface area contributed by atoms with Gasteiger partial charge in [-0.2, -0.15) is 4.98 Å². The number of nitrogens with zero attached hydrogens (tertiary/aromatic N) is 3. The van der Waals surface area contributed by atoms with Crippen LogP contribution in [0.5, 0.6) is 0 Å². The Kier molecular flexibility index (Phi) is 2.96. The molecule has 2 aromatic heterocycles. The summed E-state index contributed by atoms with van der Waals surface area (Å²) in [7, 11) is 0. The molecule has 2 rings (SSSR count). The molecule has 0 aliphatic rings. The Bertz CT molecular complexity index is 452. The van der Waals surface area contributed by atoms with Crippen LogP contribution in [0.1, 0.15) is 43.2 Å². The molecule has 0 radical (unpaired) electrons. The maximum absolute atomic E-state index is 5.98. The lowest BCUT2D eigenvalue weighted by Crippen LogP contribution is -2.15. The zero-order chi connectivity index (χ0) is 11.5. The second-order valence-corrected chi connectivity index (χ2v) is 3.88. The summed E-state index contributed by atoms with van der Waals surface area (Å²) in [6.07, 6.45) is 1.69. The predicted molar refractivity (Wildman–Crippen MR) is 58.7 cm³/mol. The maximum Gasteiger partial charge on any atom is 0.229 e. The van der Waals surface area contributed by atoms with Gasteiger partial charge in [0, 0.05) is 12.1 Å². The normalized spacial score (nSPS) is 13.0. The van der Waals surface area contributed by atoms with Crippen molar-refractivity contribution >= 4 is 0 Å². The molecule has 2 N–H and O–H groups in total. The standard InChI is InChI=1S/C11H14N4O/c1-7(2)11-14-10(15-16-11)9(12)8-5-3-4-6-13-8/h3-7,9H,12H2,1-2H3/t9-/m0/s1. The Morgan fingerprint density at radius 2 is 2.12 bits per heavy atom. The van der Waals surface area contributed by atoms with Gasteiger partial charge in [0.1, 0.15) is 6.04 Å². The van der Waals surface area contributed by atoms with Crippen molar-refractivity contribution in [2.45, 2.75) is 25.8 Å². The van der Waals surface area contributed by atoms with E-state index in [0.717, 1.165) is 5.69 Å². The molecular formula is C11H14N4O. The number of hydrogen-bond acceptors (Lipinski definition) is 5. The molecule has 2 heterocycles. The van der Waals surface area contributed by atoms with E-state index in [-0.39, 0.29) is 5.92 Å². The SMILES string of the molecule is CC(C)c1nc([C@@H](N)c2ccccn2)no1. The Hall–Kier alpha value is -1.75. The zero-order valence-electron chi connectivity index (χ0n) is 9.29. The largest absolute Gasteiger partial charge is 0.339 e.